The van der Waals surface area contributed by atoms with Gasteiger partial charge < -0.3 is 15.3 Å². The molecule has 1 aromatic rings. The van der Waals surface area contributed by atoms with Crippen LogP contribution in [-0.4, -0.2) is 30.8 Å². The SMILES string of the molecule is CCCNCc1cc(C)ccc1N(CCO)C1CCC1. The van der Waals surface area contributed by atoms with E-state index in [-0.39, 0.29) is 6.61 Å². The van der Waals surface area contributed by atoms with Crippen LogP contribution in [0.1, 0.15) is 43.7 Å². The molecular formula is C17H28N2O. The molecule has 20 heavy (non-hydrogen) atoms. The van der Waals surface area contributed by atoms with Gasteiger partial charge in [-0.05, 0) is 50.8 Å². The first kappa shape index (κ1) is 15.3. The van der Waals surface area contributed by atoms with Crippen LogP contribution in [0.15, 0.2) is 18.2 Å². The normalized spacial score (nSPS) is 15.2. The Balaban J connectivity index is 2.17. The van der Waals surface area contributed by atoms with E-state index >= 15 is 0 Å². The van der Waals surface area contributed by atoms with Crippen LogP contribution in [0.25, 0.3) is 0 Å². The molecule has 1 aliphatic rings. The van der Waals surface area contributed by atoms with Crippen LogP contribution >= 0.6 is 0 Å². The Labute approximate surface area is 123 Å². The molecule has 1 saturated carbocycles. The smallest absolute Gasteiger partial charge is 0.0606 e. The minimum absolute atomic E-state index is 0.228. The molecule has 0 bridgehead atoms. The summed E-state index contributed by atoms with van der Waals surface area (Å²) >= 11 is 0. The lowest BCUT2D eigenvalue weighted by Crippen LogP contribution is -2.42. The summed E-state index contributed by atoms with van der Waals surface area (Å²) in [6, 6.07) is 7.31. The predicted molar refractivity (Wildman–Crippen MR) is 85.2 cm³/mol. The summed E-state index contributed by atoms with van der Waals surface area (Å²) in [7, 11) is 0. The van der Waals surface area contributed by atoms with Gasteiger partial charge in [0.1, 0.15) is 0 Å². The van der Waals surface area contributed by atoms with Gasteiger partial charge >= 0.3 is 0 Å². The second kappa shape index (κ2) is 7.65. The van der Waals surface area contributed by atoms with Gasteiger partial charge in [0, 0.05) is 24.8 Å². The van der Waals surface area contributed by atoms with Crippen LogP contribution in [0.5, 0.6) is 0 Å². The number of benzene rings is 1. The monoisotopic (exact) mass is 276 g/mol. The van der Waals surface area contributed by atoms with Gasteiger partial charge in [0.05, 0.1) is 6.61 Å². The van der Waals surface area contributed by atoms with Crippen molar-refractivity contribution in [3.05, 3.63) is 29.3 Å². The zero-order chi connectivity index (χ0) is 14.4. The third-order valence-corrected chi connectivity index (χ3v) is 4.14. The summed E-state index contributed by atoms with van der Waals surface area (Å²) < 4.78 is 0. The number of anilines is 1. The number of rotatable bonds is 8. The van der Waals surface area contributed by atoms with E-state index in [0.717, 1.165) is 26.1 Å². The molecule has 3 heteroatoms. The molecule has 2 N–H and O–H groups in total. The van der Waals surface area contributed by atoms with E-state index in [9.17, 15) is 5.11 Å². The molecule has 2 rings (SSSR count). The zero-order valence-corrected chi connectivity index (χ0v) is 12.9. The van der Waals surface area contributed by atoms with E-state index < -0.39 is 0 Å². The number of aliphatic hydroxyl groups is 1. The van der Waals surface area contributed by atoms with E-state index in [1.54, 1.807) is 0 Å². The van der Waals surface area contributed by atoms with Gasteiger partial charge in [-0.25, -0.2) is 0 Å². The average molecular weight is 276 g/mol. The van der Waals surface area contributed by atoms with Gasteiger partial charge in [-0.15, -0.1) is 0 Å². The number of aryl methyl sites for hydroxylation is 1. The molecule has 0 heterocycles. The van der Waals surface area contributed by atoms with Crippen molar-refractivity contribution in [1.82, 2.24) is 5.32 Å². The first-order chi connectivity index (χ1) is 9.76. The molecule has 0 unspecified atom stereocenters. The quantitative estimate of drug-likeness (QED) is 0.717. The third-order valence-electron chi connectivity index (χ3n) is 4.14. The summed E-state index contributed by atoms with van der Waals surface area (Å²) in [5, 5.41) is 12.9. The Hall–Kier alpha value is -1.06. The highest BCUT2D eigenvalue weighted by Gasteiger charge is 2.26. The number of nitrogens with zero attached hydrogens (tertiary/aromatic N) is 1. The summed E-state index contributed by atoms with van der Waals surface area (Å²) in [4.78, 5) is 2.41. The number of hydrogen-bond acceptors (Lipinski definition) is 3. The van der Waals surface area contributed by atoms with Gasteiger partial charge in [0.25, 0.3) is 0 Å². The Morgan fingerprint density at radius 2 is 2.15 bits per heavy atom. The van der Waals surface area contributed by atoms with Crippen LogP contribution < -0.4 is 10.2 Å². The maximum absolute atomic E-state index is 9.37. The largest absolute Gasteiger partial charge is 0.395 e. The van der Waals surface area contributed by atoms with E-state index in [1.807, 2.05) is 0 Å². The maximum atomic E-state index is 9.37. The Morgan fingerprint density at radius 3 is 2.75 bits per heavy atom. The fraction of sp³-hybridized carbons (Fsp3) is 0.647. The van der Waals surface area contributed by atoms with Crippen molar-refractivity contribution in [3.63, 3.8) is 0 Å². The van der Waals surface area contributed by atoms with Crippen LogP contribution in [0.2, 0.25) is 0 Å². The Kier molecular flexibility index (Phi) is 5.86. The molecule has 1 aliphatic carbocycles. The highest BCUT2D eigenvalue weighted by atomic mass is 16.3. The molecule has 3 nitrogen and oxygen atoms in total. The molecule has 0 saturated heterocycles. The fourth-order valence-electron chi connectivity index (χ4n) is 2.84. The number of nitrogens with one attached hydrogen (secondary N) is 1. The van der Waals surface area contributed by atoms with E-state index in [4.69, 9.17) is 0 Å². The summed E-state index contributed by atoms with van der Waals surface area (Å²) in [6.45, 7) is 7.28. The fourth-order valence-corrected chi connectivity index (χ4v) is 2.84. The van der Waals surface area contributed by atoms with Crippen molar-refractivity contribution in [2.24, 2.45) is 0 Å². The third kappa shape index (κ3) is 3.74. The lowest BCUT2D eigenvalue weighted by atomic mass is 9.90. The van der Waals surface area contributed by atoms with Crippen LogP contribution in [-0.2, 0) is 6.54 Å². The van der Waals surface area contributed by atoms with Crippen molar-refractivity contribution in [2.45, 2.75) is 52.1 Å². The lowest BCUT2D eigenvalue weighted by Gasteiger charge is -2.40. The summed E-state index contributed by atoms with van der Waals surface area (Å²) in [6.07, 6.45) is 5.00. The first-order valence-electron chi connectivity index (χ1n) is 7.94. The minimum Gasteiger partial charge on any atom is -0.395 e. The van der Waals surface area contributed by atoms with Crippen molar-refractivity contribution in [2.75, 3.05) is 24.6 Å². The molecule has 0 amide bonds. The van der Waals surface area contributed by atoms with Crippen LogP contribution in [0.4, 0.5) is 5.69 Å². The second-order valence-corrected chi connectivity index (χ2v) is 5.81. The average Bonchev–Trinajstić information content (AvgIpc) is 2.37. The van der Waals surface area contributed by atoms with E-state index in [2.05, 4.69) is 42.3 Å². The van der Waals surface area contributed by atoms with Crippen molar-refractivity contribution in [1.29, 1.82) is 0 Å². The van der Waals surface area contributed by atoms with Crippen LogP contribution in [0, 0.1) is 6.92 Å². The van der Waals surface area contributed by atoms with Crippen LogP contribution in [0.3, 0.4) is 0 Å². The minimum atomic E-state index is 0.228. The van der Waals surface area contributed by atoms with Crippen molar-refractivity contribution >= 4 is 5.69 Å². The van der Waals surface area contributed by atoms with Gasteiger partial charge in [-0.1, -0.05) is 24.6 Å². The Bertz CT molecular complexity index is 415. The second-order valence-electron chi connectivity index (χ2n) is 5.81. The van der Waals surface area contributed by atoms with Gasteiger partial charge in [0.2, 0.25) is 0 Å². The molecule has 1 aromatic carbocycles. The molecule has 0 radical (unpaired) electrons. The molecule has 0 atom stereocenters. The number of hydrogen-bond donors (Lipinski definition) is 2. The van der Waals surface area contributed by atoms with Gasteiger partial charge in [-0.3, -0.25) is 0 Å². The Morgan fingerprint density at radius 1 is 1.35 bits per heavy atom. The van der Waals surface area contributed by atoms with E-state index in [1.165, 1.54) is 36.1 Å². The topological polar surface area (TPSA) is 35.5 Å². The predicted octanol–water partition coefficient (Wildman–Crippen LogP) is 2.85. The van der Waals surface area contributed by atoms with Gasteiger partial charge in [-0.2, -0.15) is 0 Å². The van der Waals surface area contributed by atoms with Crippen molar-refractivity contribution in [3.8, 4) is 0 Å². The number of aliphatic hydroxyl groups excluding tert-OH is 1. The van der Waals surface area contributed by atoms with Crippen molar-refractivity contribution < 1.29 is 5.11 Å². The molecule has 0 aliphatic heterocycles. The molecule has 0 aromatic heterocycles. The van der Waals surface area contributed by atoms with Gasteiger partial charge in [0.15, 0.2) is 0 Å². The standard InChI is InChI=1S/C17H28N2O/c1-3-9-18-13-15-12-14(2)7-8-17(15)19(10-11-20)16-5-4-6-16/h7-8,12,16,18,20H,3-6,9-11,13H2,1-2H3. The van der Waals surface area contributed by atoms with E-state index in [0.29, 0.717) is 6.04 Å². The highest BCUT2D eigenvalue weighted by Crippen LogP contribution is 2.32. The summed E-state index contributed by atoms with van der Waals surface area (Å²) in [5.74, 6) is 0. The molecule has 1 fully saturated rings. The maximum Gasteiger partial charge on any atom is 0.0606 e. The first-order valence-corrected chi connectivity index (χ1v) is 7.94. The highest BCUT2D eigenvalue weighted by molar-refractivity contribution is 5.56. The summed E-state index contributed by atoms with van der Waals surface area (Å²) in [5.41, 5.74) is 3.97. The molecule has 0 spiro atoms. The molecule has 112 valence electrons. The molecular weight excluding hydrogens is 248 g/mol. The zero-order valence-electron chi connectivity index (χ0n) is 12.9. The lowest BCUT2D eigenvalue weighted by molar-refractivity contribution is 0.283.